The van der Waals surface area contributed by atoms with E-state index < -0.39 is 5.60 Å². The molecule has 6 nitrogen and oxygen atoms in total. The van der Waals surface area contributed by atoms with Crippen LogP contribution in [0.3, 0.4) is 0 Å². The molecular weight excluding hydrogens is 404 g/mol. The number of carbonyl (C=O) groups is 1. The van der Waals surface area contributed by atoms with Crippen molar-refractivity contribution in [1.29, 1.82) is 0 Å². The van der Waals surface area contributed by atoms with E-state index in [-0.39, 0.29) is 12.5 Å². The van der Waals surface area contributed by atoms with E-state index in [0.29, 0.717) is 49.8 Å². The van der Waals surface area contributed by atoms with Gasteiger partial charge in [0.05, 0.1) is 18.7 Å². The average Bonchev–Trinajstić information content (AvgIpc) is 2.75. The number of aliphatic hydroxyl groups is 1. The number of hydrogen-bond acceptors (Lipinski definition) is 5. The number of amides is 1. The van der Waals surface area contributed by atoms with E-state index in [0.717, 1.165) is 16.9 Å². The van der Waals surface area contributed by atoms with Crippen LogP contribution < -0.4 is 14.8 Å². The predicted molar refractivity (Wildman–Crippen MR) is 117 cm³/mol. The number of nitrogens with zero attached hydrogens (tertiary/aromatic N) is 1. The van der Waals surface area contributed by atoms with Crippen LogP contribution in [0, 0.1) is 6.92 Å². The van der Waals surface area contributed by atoms with Crippen LogP contribution in [0.4, 0.5) is 0 Å². The van der Waals surface area contributed by atoms with Gasteiger partial charge in [0.25, 0.3) is 0 Å². The molecule has 1 amide bonds. The minimum absolute atomic E-state index is 0.0471. The molecule has 0 saturated carbocycles. The molecule has 3 rings (SSSR count). The molecule has 2 aromatic carbocycles. The Balaban J connectivity index is 1.43. The molecule has 30 heavy (non-hydrogen) atoms. The number of methoxy groups -OCH3 is 1. The third kappa shape index (κ3) is 6.11. The summed E-state index contributed by atoms with van der Waals surface area (Å²) in [5.41, 5.74) is 1.07. The van der Waals surface area contributed by atoms with E-state index in [4.69, 9.17) is 21.1 Å². The SMILES string of the molecule is COc1ccccc1CNC(=O)CN1CCC(O)(COc2cc(C)ccc2Cl)CC1. The summed E-state index contributed by atoms with van der Waals surface area (Å²) in [5, 5.41) is 14.3. The fourth-order valence-electron chi connectivity index (χ4n) is 3.51. The molecule has 2 aromatic rings. The summed E-state index contributed by atoms with van der Waals surface area (Å²) in [5.74, 6) is 1.30. The number of aryl methyl sites for hydroxylation is 1. The lowest BCUT2D eigenvalue weighted by molar-refractivity contribution is -0.124. The van der Waals surface area contributed by atoms with Gasteiger partial charge in [0.2, 0.25) is 5.91 Å². The van der Waals surface area contributed by atoms with Gasteiger partial charge >= 0.3 is 0 Å². The Morgan fingerprint density at radius 1 is 1.20 bits per heavy atom. The molecule has 0 bridgehead atoms. The molecule has 0 aliphatic carbocycles. The van der Waals surface area contributed by atoms with E-state index >= 15 is 0 Å². The molecule has 0 aromatic heterocycles. The highest BCUT2D eigenvalue weighted by Gasteiger charge is 2.33. The number of carbonyl (C=O) groups excluding carboxylic acids is 1. The van der Waals surface area contributed by atoms with Crippen molar-refractivity contribution in [3.8, 4) is 11.5 Å². The summed E-state index contributed by atoms with van der Waals surface area (Å²) in [7, 11) is 1.62. The fraction of sp³-hybridized carbons (Fsp3) is 0.435. The minimum Gasteiger partial charge on any atom is -0.496 e. The Labute approximate surface area is 182 Å². The second-order valence-corrected chi connectivity index (χ2v) is 8.22. The van der Waals surface area contributed by atoms with Gasteiger partial charge in [0.1, 0.15) is 23.7 Å². The predicted octanol–water partition coefficient (Wildman–Crippen LogP) is 3.18. The summed E-state index contributed by atoms with van der Waals surface area (Å²) >= 11 is 6.17. The normalized spacial score (nSPS) is 16.1. The number of para-hydroxylation sites is 1. The monoisotopic (exact) mass is 432 g/mol. The number of ether oxygens (including phenoxy) is 2. The van der Waals surface area contributed by atoms with Crippen LogP contribution in [0.15, 0.2) is 42.5 Å². The van der Waals surface area contributed by atoms with Crippen LogP contribution in [0.2, 0.25) is 5.02 Å². The maximum absolute atomic E-state index is 12.3. The van der Waals surface area contributed by atoms with Crippen LogP contribution in [0.25, 0.3) is 0 Å². The lowest BCUT2D eigenvalue weighted by atomic mass is 9.92. The van der Waals surface area contributed by atoms with E-state index in [1.807, 2.05) is 48.2 Å². The zero-order chi connectivity index (χ0) is 21.6. The molecule has 1 saturated heterocycles. The van der Waals surface area contributed by atoms with Crippen molar-refractivity contribution in [1.82, 2.24) is 10.2 Å². The van der Waals surface area contributed by atoms with Crippen LogP contribution in [-0.4, -0.2) is 54.9 Å². The number of piperidine rings is 1. The fourth-order valence-corrected chi connectivity index (χ4v) is 3.68. The first-order valence-corrected chi connectivity index (χ1v) is 10.5. The number of benzene rings is 2. The zero-order valence-electron chi connectivity index (χ0n) is 17.5. The van der Waals surface area contributed by atoms with Crippen molar-refractivity contribution < 1.29 is 19.4 Å². The summed E-state index contributed by atoms with van der Waals surface area (Å²) in [6.07, 6.45) is 1.08. The summed E-state index contributed by atoms with van der Waals surface area (Å²) < 4.78 is 11.1. The minimum atomic E-state index is -0.919. The Kier molecular flexibility index (Phi) is 7.58. The number of likely N-dealkylation sites (tertiary alicyclic amines) is 1. The van der Waals surface area contributed by atoms with Crippen molar-refractivity contribution in [3.05, 3.63) is 58.6 Å². The topological polar surface area (TPSA) is 71.0 Å². The molecule has 1 aliphatic rings. The summed E-state index contributed by atoms with van der Waals surface area (Å²) in [4.78, 5) is 14.4. The van der Waals surface area contributed by atoms with E-state index in [2.05, 4.69) is 5.32 Å². The highest BCUT2D eigenvalue weighted by atomic mass is 35.5. The molecule has 1 heterocycles. The first-order valence-electron chi connectivity index (χ1n) is 10.1. The van der Waals surface area contributed by atoms with Gasteiger partial charge in [-0.2, -0.15) is 0 Å². The first-order chi connectivity index (χ1) is 14.4. The quantitative estimate of drug-likeness (QED) is 0.670. The summed E-state index contributed by atoms with van der Waals surface area (Å²) in [6.45, 7) is 4.13. The zero-order valence-corrected chi connectivity index (χ0v) is 18.2. The highest BCUT2D eigenvalue weighted by molar-refractivity contribution is 6.32. The van der Waals surface area contributed by atoms with Gasteiger partial charge in [-0.1, -0.05) is 35.9 Å². The molecule has 0 atom stereocenters. The number of nitrogens with one attached hydrogen (secondary N) is 1. The number of halogens is 1. The Bertz CT molecular complexity index is 866. The van der Waals surface area contributed by atoms with E-state index in [9.17, 15) is 9.90 Å². The molecule has 2 N–H and O–H groups in total. The van der Waals surface area contributed by atoms with E-state index in [1.165, 1.54) is 0 Å². The average molecular weight is 433 g/mol. The van der Waals surface area contributed by atoms with Gasteiger partial charge in [-0.3, -0.25) is 9.69 Å². The van der Waals surface area contributed by atoms with E-state index in [1.54, 1.807) is 13.2 Å². The van der Waals surface area contributed by atoms with Crippen LogP contribution >= 0.6 is 11.6 Å². The highest BCUT2D eigenvalue weighted by Crippen LogP contribution is 2.28. The largest absolute Gasteiger partial charge is 0.496 e. The third-order valence-electron chi connectivity index (χ3n) is 5.41. The van der Waals surface area contributed by atoms with Crippen molar-refractivity contribution in [2.24, 2.45) is 0 Å². The smallest absolute Gasteiger partial charge is 0.234 e. The van der Waals surface area contributed by atoms with Crippen molar-refractivity contribution in [2.45, 2.75) is 31.9 Å². The van der Waals surface area contributed by atoms with Gasteiger partial charge in [-0.05, 0) is 43.5 Å². The maximum atomic E-state index is 12.3. The van der Waals surface area contributed by atoms with Gasteiger partial charge in [-0.25, -0.2) is 0 Å². The molecule has 7 heteroatoms. The molecule has 1 fully saturated rings. The molecule has 162 valence electrons. The molecule has 0 radical (unpaired) electrons. The van der Waals surface area contributed by atoms with Gasteiger partial charge < -0.3 is 19.9 Å². The Morgan fingerprint density at radius 3 is 2.67 bits per heavy atom. The molecule has 1 aliphatic heterocycles. The molecular formula is C23H29ClN2O4. The molecule has 0 unspecified atom stereocenters. The first kappa shape index (κ1) is 22.4. The number of hydrogen-bond donors (Lipinski definition) is 2. The lowest BCUT2D eigenvalue weighted by Crippen LogP contribution is -2.50. The summed E-state index contributed by atoms with van der Waals surface area (Å²) in [6, 6.07) is 13.2. The third-order valence-corrected chi connectivity index (χ3v) is 5.72. The van der Waals surface area contributed by atoms with Crippen LogP contribution in [0.5, 0.6) is 11.5 Å². The van der Waals surface area contributed by atoms with Crippen molar-refractivity contribution in [2.75, 3.05) is 33.4 Å². The van der Waals surface area contributed by atoms with Gasteiger partial charge in [0, 0.05) is 25.2 Å². The second-order valence-electron chi connectivity index (χ2n) is 7.81. The molecule has 0 spiro atoms. The van der Waals surface area contributed by atoms with Crippen molar-refractivity contribution >= 4 is 17.5 Å². The number of rotatable bonds is 8. The second kappa shape index (κ2) is 10.2. The standard InChI is InChI=1S/C23H29ClN2O4/c1-17-7-8-19(24)21(13-17)30-16-23(28)9-11-26(12-10-23)15-22(27)25-14-18-5-3-4-6-20(18)29-2/h3-8,13,28H,9-12,14-16H2,1-2H3,(H,25,27). The van der Waals surface area contributed by atoms with Crippen LogP contribution in [0.1, 0.15) is 24.0 Å². The Hall–Kier alpha value is -2.28. The Morgan fingerprint density at radius 2 is 1.93 bits per heavy atom. The van der Waals surface area contributed by atoms with Crippen molar-refractivity contribution in [3.63, 3.8) is 0 Å². The lowest BCUT2D eigenvalue weighted by Gasteiger charge is -2.37. The van der Waals surface area contributed by atoms with Gasteiger partial charge in [-0.15, -0.1) is 0 Å². The van der Waals surface area contributed by atoms with Crippen LogP contribution in [-0.2, 0) is 11.3 Å². The maximum Gasteiger partial charge on any atom is 0.234 e. The van der Waals surface area contributed by atoms with Gasteiger partial charge in [0.15, 0.2) is 0 Å².